The molecule has 0 saturated heterocycles. The summed E-state index contributed by atoms with van der Waals surface area (Å²) in [5.74, 6) is 0. The largest absolute Gasteiger partial charge is 0.506 e. The van der Waals surface area contributed by atoms with Gasteiger partial charge in [0.25, 0.3) is 0 Å². The van der Waals surface area contributed by atoms with Crippen molar-refractivity contribution in [2.24, 2.45) is 0 Å². The Kier molecular flexibility index (Phi) is 8.04. The van der Waals surface area contributed by atoms with E-state index in [0.717, 1.165) is 51.4 Å². The zero-order valence-electron chi connectivity index (χ0n) is 10.9. The molecule has 0 bridgehead atoms. The van der Waals surface area contributed by atoms with Crippen LogP contribution >= 0.6 is 0 Å². The smallest absolute Gasteiger partial charge is 0.450 e. The van der Waals surface area contributed by atoms with Gasteiger partial charge < -0.3 is 9.84 Å². The predicted octanol–water partition coefficient (Wildman–Crippen LogP) is 4.60. The lowest BCUT2D eigenvalue weighted by Crippen LogP contribution is -2.34. The summed E-state index contributed by atoms with van der Waals surface area (Å²) in [6.45, 7) is 6.33. The van der Waals surface area contributed by atoms with E-state index in [1.54, 1.807) is 0 Å². The first kappa shape index (κ1) is 15.3. The molecule has 0 amide bonds. The lowest BCUT2D eigenvalue weighted by Gasteiger charge is -2.32. The van der Waals surface area contributed by atoms with E-state index in [-0.39, 0.29) is 0 Å². The maximum Gasteiger partial charge on any atom is 0.506 e. The minimum Gasteiger partial charge on any atom is -0.450 e. The zero-order chi connectivity index (χ0) is 12.4. The summed E-state index contributed by atoms with van der Waals surface area (Å²) < 4.78 is 5.20. The molecule has 0 aliphatic heterocycles. The van der Waals surface area contributed by atoms with Crippen LogP contribution in [0.15, 0.2) is 0 Å². The second-order valence-electron chi connectivity index (χ2n) is 4.51. The summed E-state index contributed by atoms with van der Waals surface area (Å²) in [6.07, 6.45) is 6.67. The minimum atomic E-state index is -1.12. The lowest BCUT2D eigenvalue weighted by molar-refractivity contribution is -0.0381. The van der Waals surface area contributed by atoms with Gasteiger partial charge in [-0.15, -0.1) is 0 Å². The van der Waals surface area contributed by atoms with Gasteiger partial charge in [-0.2, -0.15) is 0 Å². The molecule has 0 aliphatic rings. The molecule has 0 atom stereocenters. The average Bonchev–Trinajstić information content (AvgIpc) is 2.23. The molecule has 0 radical (unpaired) electrons. The van der Waals surface area contributed by atoms with E-state index in [0.29, 0.717) is 0 Å². The molecule has 0 aromatic carbocycles. The van der Waals surface area contributed by atoms with Crippen molar-refractivity contribution in [3.8, 4) is 0 Å². The number of unbranched alkanes of at least 4 members (excludes halogenated alkanes) is 2. The fraction of sp³-hybridized carbons (Fsp3) is 0.923. The highest BCUT2D eigenvalue weighted by molar-refractivity contribution is 5.57. The van der Waals surface area contributed by atoms with Gasteiger partial charge in [-0.1, -0.05) is 40.0 Å². The Bertz CT molecular complexity index is 182. The second-order valence-corrected chi connectivity index (χ2v) is 4.51. The molecule has 0 aliphatic carbocycles. The van der Waals surface area contributed by atoms with E-state index in [1.165, 1.54) is 0 Å². The number of ether oxygens (including phenoxy) is 1. The van der Waals surface area contributed by atoms with Gasteiger partial charge in [-0.3, -0.25) is 0 Å². The molecule has 96 valence electrons. The third-order valence-corrected chi connectivity index (χ3v) is 2.98. The fourth-order valence-corrected chi connectivity index (χ4v) is 2.17. The highest BCUT2D eigenvalue weighted by Crippen LogP contribution is 2.31. The van der Waals surface area contributed by atoms with Crippen LogP contribution in [0.3, 0.4) is 0 Å². The van der Waals surface area contributed by atoms with E-state index in [4.69, 9.17) is 9.84 Å². The quantitative estimate of drug-likeness (QED) is 0.589. The molecule has 16 heavy (non-hydrogen) atoms. The van der Waals surface area contributed by atoms with Crippen molar-refractivity contribution < 1.29 is 14.6 Å². The van der Waals surface area contributed by atoms with Crippen molar-refractivity contribution in [3.05, 3.63) is 0 Å². The summed E-state index contributed by atoms with van der Waals surface area (Å²) >= 11 is 0. The molecule has 0 spiro atoms. The van der Waals surface area contributed by atoms with Crippen LogP contribution in [-0.2, 0) is 4.74 Å². The van der Waals surface area contributed by atoms with Crippen molar-refractivity contribution in [2.45, 2.75) is 77.7 Å². The number of rotatable bonds is 9. The van der Waals surface area contributed by atoms with E-state index in [9.17, 15) is 4.79 Å². The van der Waals surface area contributed by atoms with Crippen molar-refractivity contribution in [1.29, 1.82) is 0 Å². The number of hydrogen-bond acceptors (Lipinski definition) is 2. The van der Waals surface area contributed by atoms with Crippen molar-refractivity contribution in [2.75, 3.05) is 0 Å². The molecule has 1 N–H and O–H groups in total. The average molecular weight is 230 g/mol. The van der Waals surface area contributed by atoms with Crippen LogP contribution in [0.5, 0.6) is 0 Å². The SMILES string of the molecule is CCCCC(CCC)(CCCC)OC(=O)O. The van der Waals surface area contributed by atoms with Gasteiger partial charge in [0.2, 0.25) is 0 Å². The Balaban J connectivity index is 4.51. The molecule has 0 heterocycles. The van der Waals surface area contributed by atoms with Gasteiger partial charge in [0.1, 0.15) is 5.60 Å². The summed E-state index contributed by atoms with van der Waals surface area (Å²) in [5, 5.41) is 8.85. The molecule has 0 rings (SSSR count). The summed E-state index contributed by atoms with van der Waals surface area (Å²) in [4.78, 5) is 10.8. The first-order chi connectivity index (χ1) is 7.60. The summed E-state index contributed by atoms with van der Waals surface area (Å²) in [6, 6.07) is 0. The monoisotopic (exact) mass is 230 g/mol. The topological polar surface area (TPSA) is 46.5 Å². The van der Waals surface area contributed by atoms with Crippen LogP contribution in [0.4, 0.5) is 4.79 Å². The van der Waals surface area contributed by atoms with E-state index >= 15 is 0 Å². The standard InChI is InChI=1S/C13H26O3/c1-4-7-10-13(9-6-3,11-8-5-2)16-12(14)15/h4-11H2,1-3H3,(H,14,15). The van der Waals surface area contributed by atoms with E-state index in [2.05, 4.69) is 20.8 Å². The number of carbonyl (C=O) groups is 1. The third kappa shape index (κ3) is 5.99. The number of hydrogen-bond donors (Lipinski definition) is 1. The highest BCUT2D eigenvalue weighted by atomic mass is 16.7. The Morgan fingerprint density at radius 2 is 1.50 bits per heavy atom. The molecule has 0 unspecified atom stereocenters. The van der Waals surface area contributed by atoms with Crippen LogP contribution in [0, 0.1) is 0 Å². The molecule has 3 heteroatoms. The molecule has 0 fully saturated rings. The molecule has 3 nitrogen and oxygen atoms in total. The first-order valence-electron chi connectivity index (χ1n) is 6.52. The Morgan fingerprint density at radius 3 is 1.81 bits per heavy atom. The van der Waals surface area contributed by atoms with E-state index < -0.39 is 11.8 Å². The Morgan fingerprint density at radius 1 is 1.00 bits per heavy atom. The van der Waals surface area contributed by atoms with Gasteiger partial charge >= 0.3 is 6.16 Å². The molecule has 0 aromatic rings. The van der Waals surface area contributed by atoms with Gasteiger partial charge in [0.15, 0.2) is 0 Å². The maximum atomic E-state index is 10.8. The van der Waals surface area contributed by atoms with Crippen LogP contribution in [-0.4, -0.2) is 16.9 Å². The summed E-state index contributed by atoms with van der Waals surface area (Å²) in [5.41, 5.74) is -0.424. The van der Waals surface area contributed by atoms with E-state index in [1.807, 2.05) is 0 Å². The van der Waals surface area contributed by atoms with Crippen molar-refractivity contribution in [1.82, 2.24) is 0 Å². The normalized spacial score (nSPS) is 11.4. The highest BCUT2D eigenvalue weighted by Gasteiger charge is 2.32. The van der Waals surface area contributed by atoms with Crippen LogP contribution in [0.25, 0.3) is 0 Å². The van der Waals surface area contributed by atoms with Gasteiger partial charge in [0.05, 0.1) is 0 Å². The van der Waals surface area contributed by atoms with Crippen molar-refractivity contribution >= 4 is 6.16 Å². The molecule has 0 aromatic heterocycles. The Labute approximate surface area is 99.2 Å². The van der Waals surface area contributed by atoms with Crippen LogP contribution in [0.2, 0.25) is 0 Å². The maximum absolute atomic E-state index is 10.8. The fourth-order valence-electron chi connectivity index (χ4n) is 2.17. The molecule has 0 saturated carbocycles. The van der Waals surface area contributed by atoms with Gasteiger partial charge in [-0.25, -0.2) is 4.79 Å². The van der Waals surface area contributed by atoms with Gasteiger partial charge in [-0.05, 0) is 32.1 Å². The number of carboxylic acid groups (broad SMARTS) is 1. The van der Waals surface area contributed by atoms with Gasteiger partial charge in [0, 0.05) is 0 Å². The lowest BCUT2D eigenvalue weighted by atomic mass is 9.86. The zero-order valence-corrected chi connectivity index (χ0v) is 10.9. The predicted molar refractivity (Wildman–Crippen MR) is 65.8 cm³/mol. The molecular formula is C13H26O3. The van der Waals surface area contributed by atoms with Crippen LogP contribution < -0.4 is 0 Å². The van der Waals surface area contributed by atoms with Crippen molar-refractivity contribution in [3.63, 3.8) is 0 Å². The third-order valence-electron chi connectivity index (χ3n) is 2.98. The Hall–Kier alpha value is -0.730. The first-order valence-corrected chi connectivity index (χ1v) is 6.52. The second kappa shape index (κ2) is 8.43. The molecular weight excluding hydrogens is 204 g/mol. The minimum absolute atomic E-state index is 0.424. The summed E-state index contributed by atoms with van der Waals surface area (Å²) in [7, 11) is 0. The van der Waals surface area contributed by atoms with Crippen LogP contribution in [0.1, 0.15) is 72.1 Å².